The van der Waals surface area contributed by atoms with E-state index in [2.05, 4.69) is 9.97 Å². The van der Waals surface area contributed by atoms with E-state index in [1.807, 2.05) is 0 Å². The van der Waals surface area contributed by atoms with Gasteiger partial charge in [-0.1, -0.05) is 0 Å². The molecule has 0 spiro atoms. The van der Waals surface area contributed by atoms with E-state index < -0.39 is 15.5 Å². The van der Waals surface area contributed by atoms with E-state index in [4.69, 9.17) is 11.6 Å². The molecule has 0 unspecified atom stereocenters. The molecule has 1 aromatic heterocycles. The average molecular weight is 223 g/mol. The lowest BCUT2D eigenvalue weighted by molar-refractivity contribution is 0.596. The standard InChI is InChI=1S/C6H7ClN2O3S/c1-13(11,12)5-4(2-7)3-8-6(10)9-5/h3H,2H2,1H3,(H,8,9,10). The van der Waals surface area contributed by atoms with Crippen LogP contribution in [0.25, 0.3) is 0 Å². The van der Waals surface area contributed by atoms with Crippen LogP contribution in [0.1, 0.15) is 5.56 Å². The number of sulfone groups is 1. The number of aromatic nitrogens is 2. The molecule has 5 nitrogen and oxygen atoms in total. The Morgan fingerprint density at radius 1 is 1.62 bits per heavy atom. The highest BCUT2D eigenvalue weighted by molar-refractivity contribution is 7.90. The molecule has 0 saturated carbocycles. The van der Waals surface area contributed by atoms with E-state index in [1.54, 1.807) is 0 Å². The summed E-state index contributed by atoms with van der Waals surface area (Å²) in [6.45, 7) is 0. The number of hydrogen-bond acceptors (Lipinski definition) is 4. The molecule has 0 atom stereocenters. The summed E-state index contributed by atoms with van der Waals surface area (Å²) < 4.78 is 22.2. The van der Waals surface area contributed by atoms with E-state index >= 15 is 0 Å². The number of nitrogens with one attached hydrogen (secondary N) is 1. The van der Waals surface area contributed by atoms with E-state index in [0.29, 0.717) is 5.56 Å². The Kier molecular flexibility index (Phi) is 2.72. The molecule has 1 heterocycles. The third kappa shape index (κ3) is 2.28. The fourth-order valence-corrected chi connectivity index (χ4v) is 1.99. The fourth-order valence-electron chi connectivity index (χ4n) is 0.831. The van der Waals surface area contributed by atoms with Crippen molar-refractivity contribution < 1.29 is 8.42 Å². The largest absolute Gasteiger partial charge is 0.345 e. The van der Waals surface area contributed by atoms with E-state index in [-0.39, 0.29) is 10.9 Å². The zero-order valence-electron chi connectivity index (χ0n) is 6.74. The number of rotatable bonds is 2. The summed E-state index contributed by atoms with van der Waals surface area (Å²) in [7, 11) is -3.45. The first kappa shape index (κ1) is 10.2. The molecule has 0 bridgehead atoms. The lowest BCUT2D eigenvalue weighted by atomic mass is 10.4. The summed E-state index contributed by atoms with van der Waals surface area (Å²) in [5.41, 5.74) is -0.405. The Morgan fingerprint density at radius 3 is 2.69 bits per heavy atom. The van der Waals surface area contributed by atoms with Crippen LogP contribution in [-0.2, 0) is 15.7 Å². The van der Waals surface area contributed by atoms with Gasteiger partial charge in [0, 0.05) is 18.0 Å². The topological polar surface area (TPSA) is 79.9 Å². The van der Waals surface area contributed by atoms with Crippen molar-refractivity contribution >= 4 is 21.4 Å². The maximum atomic E-state index is 11.1. The molecule has 0 radical (unpaired) electrons. The van der Waals surface area contributed by atoms with Crippen molar-refractivity contribution in [1.82, 2.24) is 9.97 Å². The lowest BCUT2D eigenvalue weighted by Crippen LogP contribution is -2.17. The van der Waals surface area contributed by atoms with Crippen LogP contribution in [0, 0.1) is 0 Å². The summed E-state index contributed by atoms with van der Waals surface area (Å²) in [6, 6.07) is 0. The zero-order valence-corrected chi connectivity index (χ0v) is 8.32. The fraction of sp³-hybridized carbons (Fsp3) is 0.333. The third-order valence-corrected chi connectivity index (χ3v) is 2.76. The Balaban J connectivity index is 3.51. The van der Waals surface area contributed by atoms with Crippen LogP contribution in [0.4, 0.5) is 0 Å². The molecule has 1 N–H and O–H groups in total. The summed E-state index contributed by atoms with van der Waals surface area (Å²) in [4.78, 5) is 16.2. The van der Waals surface area contributed by atoms with Gasteiger partial charge in [-0.2, -0.15) is 0 Å². The van der Waals surface area contributed by atoms with Crippen LogP contribution < -0.4 is 5.69 Å². The van der Waals surface area contributed by atoms with E-state index in [1.165, 1.54) is 0 Å². The Bertz CT molecular complexity index is 465. The molecule has 0 amide bonds. The molecule has 0 aliphatic carbocycles. The lowest BCUT2D eigenvalue weighted by Gasteiger charge is -2.01. The van der Waals surface area contributed by atoms with E-state index in [0.717, 1.165) is 12.5 Å². The second-order valence-corrected chi connectivity index (χ2v) is 4.67. The Labute approximate surface area is 79.7 Å². The van der Waals surface area contributed by atoms with Crippen molar-refractivity contribution in [2.75, 3.05) is 6.26 Å². The molecule has 0 aliphatic heterocycles. The number of alkyl halides is 1. The summed E-state index contributed by atoms with van der Waals surface area (Å²) in [6.07, 6.45) is 2.15. The molecule has 0 saturated heterocycles. The Hall–Kier alpha value is -0.880. The van der Waals surface area contributed by atoms with Crippen molar-refractivity contribution in [2.45, 2.75) is 10.9 Å². The first-order valence-corrected chi connectivity index (χ1v) is 5.72. The molecular formula is C6H7ClN2O3S. The van der Waals surface area contributed by atoms with Crippen LogP contribution in [0.3, 0.4) is 0 Å². The molecular weight excluding hydrogens is 216 g/mol. The van der Waals surface area contributed by atoms with Gasteiger partial charge in [0.1, 0.15) is 5.03 Å². The van der Waals surface area contributed by atoms with Crippen molar-refractivity contribution in [3.63, 3.8) is 0 Å². The second kappa shape index (κ2) is 3.47. The zero-order chi connectivity index (χ0) is 10.1. The third-order valence-electron chi connectivity index (χ3n) is 1.36. The van der Waals surface area contributed by atoms with Gasteiger partial charge in [0.2, 0.25) is 0 Å². The average Bonchev–Trinajstić information content (AvgIpc) is 2.03. The highest BCUT2D eigenvalue weighted by atomic mass is 35.5. The number of nitrogens with zero attached hydrogens (tertiary/aromatic N) is 1. The highest BCUT2D eigenvalue weighted by Gasteiger charge is 2.13. The predicted molar refractivity (Wildman–Crippen MR) is 47.5 cm³/mol. The maximum absolute atomic E-state index is 11.1. The SMILES string of the molecule is CS(=O)(=O)c1[nH]c(=O)ncc1CCl. The molecule has 72 valence electrons. The van der Waals surface area contributed by atoms with Crippen molar-refractivity contribution in [3.8, 4) is 0 Å². The van der Waals surface area contributed by atoms with Gasteiger partial charge in [-0.05, 0) is 0 Å². The predicted octanol–water partition coefficient (Wildman–Crippen LogP) is -0.0878. The van der Waals surface area contributed by atoms with Crippen molar-refractivity contribution in [2.24, 2.45) is 0 Å². The maximum Gasteiger partial charge on any atom is 0.345 e. The minimum Gasteiger partial charge on any atom is -0.296 e. The van der Waals surface area contributed by atoms with Gasteiger partial charge < -0.3 is 0 Å². The van der Waals surface area contributed by atoms with Gasteiger partial charge in [-0.3, -0.25) is 4.98 Å². The summed E-state index contributed by atoms with van der Waals surface area (Å²) >= 11 is 5.46. The van der Waals surface area contributed by atoms with Gasteiger partial charge >= 0.3 is 5.69 Å². The summed E-state index contributed by atoms with van der Waals surface area (Å²) in [5.74, 6) is -0.00775. The Morgan fingerprint density at radius 2 is 2.23 bits per heavy atom. The van der Waals surface area contributed by atoms with Crippen LogP contribution in [0.2, 0.25) is 0 Å². The smallest absolute Gasteiger partial charge is 0.296 e. The van der Waals surface area contributed by atoms with Crippen LogP contribution in [-0.4, -0.2) is 24.6 Å². The normalized spacial score (nSPS) is 11.5. The van der Waals surface area contributed by atoms with Gasteiger partial charge in [-0.25, -0.2) is 18.2 Å². The van der Waals surface area contributed by atoms with Gasteiger partial charge in [0.15, 0.2) is 9.84 Å². The molecule has 1 aromatic rings. The number of halogens is 1. The molecule has 13 heavy (non-hydrogen) atoms. The van der Waals surface area contributed by atoms with Gasteiger partial charge in [-0.15, -0.1) is 11.6 Å². The highest BCUT2D eigenvalue weighted by Crippen LogP contribution is 2.11. The molecule has 0 aromatic carbocycles. The molecule has 1 rings (SSSR count). The summed E-state index contributed by atoms with van der Waals surface area (Å²) in [5, 5.41) is -0.164. The molecule has 0 aliphatic rings. The molecule has 0 fully saturated rings. The number of hydrogen-bond donors (Lipinski definition) is 1. The van der Waals surface area contributed by atoms with Crippen LogP contribution in [0.5, 0.6) is 0 Å². The minimum atomic E-state index is -3.45. The van der Waals surface area contributed by atoms with Crippen molar-refractivity contribution in [3.05, 3.63) is 22.2 Å². The number of aromatic amines is 1. The van der Waals surface area contributed by atoms with Crippen LogP contribution in [0.15, 0.2) is 16.0 Å². The first-order chi connectivity index (χ1) is 5.95. The van der Waals surface area contributed by atoms with E-state index in [9.17, 15) is 13.2 Å². The minimum absolute atomic E-state index is 0.00775. The molecule has 7 heteroatoms. The number of H-pyrrole nitrogens is 1. The quantitative estimate of drug-likeness (QED) is 0.560. The van der Waals surface area contributed by atoms with Crippen molar-refractivity contribution in [1.29, 1.82) is 0 Å². The monoisotopic (exact) mass is 222 g/mol. The van der Waals surface area contributed by atoms with Gasteiger partial charge in [0.25, 0.3) is 0 Å². The van der Waals surface area contributed by atoms with Crippen LogP contribution >= 0.6 is 11.6 Å². The first-order valence-electron chi connectivity index (χ1n) is 3.29. The van der Waals surface area contributed by atoms with Gasteiger partial charge in [0.05, 0.1) is 5.88 Å². The second-order valence-electron chi connectivity index (χ2n) is 2.45.